The lowest BCUT2D eigenvalue weighted by molar-refractivity contribution is 0.321. The van der Waals surface area contributed by atoms with Crippen LogP contribution in [0.2, 0.25) is 0 Å². The van der Waals surface area contributed by atoms with Crippen LogP contribution in [0, 0.1) is 0 Å². The van der Waals surface area contributed by atoms with E-state index in [-0.39, 0.29) is 11.7 Å². The minimum atomic E-state index is -3.24. The molecule has 1 aliphatic rings. The van der Waals surface area contributed by atoms with Crippen molar-refractivity contribution in [1.82, 2.24) is 9.88 Å². The Morgan fingerprint density at radius 2 is 1.93 bits per heavy atom. The van der Waals surface area contributed by atoms with Crippen molar-refractivity contribution in [2.45, 2.75) is 30.7 Å². The second kappa shape index (κ2) is 7.80. The number of hydrogen-bond acceptors (Lipinski definition) is 6. The molecule has 0 spiro atoms. The third-order valence-electron chi connectivity index (χ3n) is 5.60. The van der Waals surface area contributed by atoms with Crippen LogP contribution in [0.1, 0.15) is 30.7 Å². The maximum atomic E-state index is 12.1. The van der Waals surface area contributed by atoms with Gasteiger partial charge in [0.05, 0.1) is 10.6 Å². The summed E-state index contributed by atoms with van der Waals surface area (Å²) in [6.45, 7) is 4.44. The van der Waals surface area contributed by atoms with Crippen LogP contribution in [-0.2, 0) is 16.4 Å². The number of sulfone groups is 1. The first-order chi connectivity index (χ1) is 13.9. The molecular weight excluding hydrogens is 386 g/mol. The highest BCUT2D eigenvalue weighted by Gasteiger charge is 2.28. The molecule has 1 atom stereocenters. The fourth-order valence-electron chi connectivity index (χ4n) is 3.80. The highest BCUT2D eigenvalue weighted by molar-refractivity contribution is 7.91. The molecule has 2 heterocycles. The van der Waals surface area contributed by atoms with E-state index in [2.05, 4.69) is 39.0 Å². The van der Waals surface area contributed by atoms with Crippen LogP contribution >= 0.6 is 0 Å². The Labute approximate surface area is 172 Å². The van der Waals surface area contributed by atoms with Gasteiger partial charge in [0.2, 0.25) is 0 Å². The Kier molecular flexibility index (Phi) is 5.36. The van der Waals surface area contributed by atoms with E-state index in [1.807, 2.05) is 14.1 Å². The van der Waals surface area contributed by atoms with E-state index in [4.69, 9.17) is 4.42 Å². The number of oxazole rings is 1. The Bertz CT molecular complexity index is 1100. The van der Waals surface area contributed by atoms with Crippen molar-refractivity contribution in [3.63, 3.8) is 0 Å². The van der Waals surface area contributed by atoms with Crippen LogP contribution in [0.4, 0.5) is 5.69 Å². The summed E-state index contributed by atoms with van der Waals surface area (Å²) in [5.41, 5.74) is 3.76. The molecule has 0 unspecified atom stereocenters. The molecular formula is C22H27N3O3S. The van der Waals surface area contributed by atoms with Gasteiger partial charge in [0, 0.05) is 38.8 Å². The molecule has 0 radical (unpaired) electrons. The average Bonchev–Trinajstić information content (AvgIpc) is 3.34. The van der Waals surface area contributed by atoms with Crippen LogP contribution in [0.5, 0.6) is 0 Å². The number of hydrogen-bond donors (Lipinski definition) is 0. The first kappa shape index (κ1) is 19.9. The van der Waals surface area contributed by atoms with Gasteiger partial charge in [0.1, 0.15) is 5.52 Å². The molecule has 29 heavy (non-hydrogen) atoms. The first-order valence-corrected chi connectivity index (χ1v) is 11.6. The predicted octanol–water partition coefficient (Wildman–Crippen LogP) is 3.68. The quantitative estimate of drug-likeness (QED) is 0.614. The molecule has 6 nitrogen and oxygen atoms in total. The largest absolute Gasteiger partial charge is 0.440 e. The average molecular weight is 414 g/mol. The van der Waals surface area contributed by atoms with Gasteiger partial charge in [-0.1, -0.05) is 19.1 Å². The second-order valence-electron chi connectivity index (χ2n) is 7.87. The number of anilines is 1. The molecule has 2 aromatic carbocycles. The van der Waals surface area contributed by atoms with Gasteiger partial charge in [-0.25, -0.2) is 13.4 Å². The monoisotopic (exact) mass is 413 g/mol. The predicted molar refractivity (Wildman–Crippen MR) is 115 cm³/mol. The Morgan fingerprint density at radius 3 is 2.62 bits per heavy atom. The lowest BCUT2D eigenvalue weighted by Crippen LogP contribution is -2.19. The molecule has 1 fully saturated rings. The molecule has 0 saturated carbocycles. The minimum Gasteiger partial charge on any atom is -0.440 e. The van der Waals surface area contributed by atoms with Crippen molar-refractivity contribution in [3.05, 3.63) is 53.9 Å². The number of nitrogens with zero attached hydrogens (tertiary/aromatic N) is 3. The smallest absolute Gasteiger partial charge is 0.199 e. The highest BCUT2D eigenvalue weighted by atomic mass is 32.2. The van der Waals surface area contributed by atoms with Crippen LogP contribution in [0.3, 0.4) is 0 Å². The molecule has 1 aliphatic heterocycles. The summed E-state index contributed by atoms with van der Waals surface area (Å²) >= 11 is 0. The SMILES string of the molecule is CCS(=O)(=O)c1ccc2oc([C@H]3CCN(Cc4ccc(N(C)C)cc4)C3)nc2c1. The van der Waals surface area contributed by atoms with Crippen LogP contribution in [0.25, 0.3) is 11.1 Å². The number of benzene rings is 2. The summed E-state index contributed by atoms with van der Waals surface area (Å²) in [4.78, 5) is 9.43. The number of likely N-dealkylation sites (tertiary alicyclic amines) is 1. The van der Waals surface area contributed by atoms with Gasteiger partial charge in [0.25, 0.3) is 0 Å². The van der Waals surface area contributed by atoms with Gasteiger partial charge in [-0.05, 0) is 48.9 Å². The van der Waals surface area contributed by atoms with Crippen molar-refractivity contribution in [2.75, 3.05) is 37.8 Å². The molecule has 0 aliphatic carbocycles. The normalized spacial score (nSPS) is 17.8. The number of aromatic nitrogens is 1. The van der Waals surface area contributed by atoms with E-state index in [9.17, 15) is 8.42 Å². The van der Waals surface area contributed by atoms with E-state index in [1.165, 1.54) is 11.3 Å². The zero-order valence-corrected chi connectivity index (χ0v) is 17.9. The summed E-state index contributed by atoms with van der Waals surface area (Å²) in [6.07, 6.45) is 0.989. The van der Waals surface area contributed by atoms with Crippen molar-refractivity contribution in [1.29, 1.82) is 0 Å². The zero-order valence-electron chi connectivity index (χ0n) is 17.1. The van der Waals surface area contributed by atoms with Gasteiger partial charge in [-0.2, -0.15) is 0 Å². The molecule has 0 bridgehead atoms. The maximum absolute atomic E-state index is 12.1. The number of rotatable bonds is 6. The number of fused-ring (bicyclic) bond motifs is 1. The third-order valence-corrected chi connectivity index (χ3v) is 7.33. The Balaban J connectivity index is 1.46. The van der Waals surface area contributed by atoms with Gasteiger partial charge in [-0.15, -0.1) is 0 Å². The lowest BCUT2D eigenvalue weighted by atomic mass is 10.1. The maximum Gasteiger partial charge on any atom is 0.199 e. The van der Waals surface area contributed by atoms with E-state index < -0.39 is 9.84 Å². The van der Waals surface area contributed by atoms with E-state index in [1.54, 1.807) is 25.1 Å². The van der Waals surface area contributed by atoms with Gasteiger partial charge in [-0.3, -0.25) is 4.90 Å². The zero-order chi connectivity index (χ0) is 20.6. The minimum absolute atomic E-state index is 0.0797. The highest BCUT2D eigenvalue weighted by Crippen LogP contribution is 2.31. The molecule has 1 saturated heterocycles. The van der Waals surface area contributed by atoms with Crippen LogP contribution in [-0.4, -0.2) is 51.2 Å². The Morgan fingerprint density at radius 1 is 1.17 bits per heavy atom. The van der Waals surface area contributed by atoms with Gasteiger partial charge in [0.15, 0.2) is 21.3 Å². The summed E-state index contributed by atoms with van der Waals surface area (Å²) in [6, 6.07) is 13.6. The standard InChI is InChI=1S/C22H27N3O3S/c1-4-29(26,27)19-9-10-21-20(13-19)23-22(28-21)17-11-12-25(15-17)14-16-5-7-18(8-6-16)24(2)3/h5-10,13,17H,4,11-12,14-15H2,1-3H3/t17-/m0/s1. The lowest BCUT2D eigenvalue weighted by Gasteiger charge is -2.17. The van der Waals surface area contributed by atoms with Crippen molar-refractivity contribution in [3.8, 4) is 0 Å². The second-order valence-corrected chi connectivity index (χ2v) is 10.1. The summed E-state index contributed by atoms with van der Waals surface area (Å²) in [5.74, 6) is 1.02. The fraction of sp³-hybridized carbons (Fsp3) is 0.409. The Hall–Kier alpha value is -2.38. The molecule has 4 rings (SSSR count). The molecule has 1 aromatic heterocycles. The molecule has 0 amide bonds. The van der Waals surface area contributed by atoms with Gasteiger partial charge < -0.3 is 9.32 Å². The fourth-order valence-corrected chi connectivity index (χ4v) is 4.70. The summed E-state index contributed by atoms with van der Waals surface area (Å²) < 4.78 is 30.2. The van der Waals surface area contributed by atoms with E-state index >= 15 is 0 Å². The van der Waals surface area contributed by atoms with Crippen LogP contribution < -0.4 is 4.90 Å². The molecule has 7 heteroatoms. The summed E-state index contributed by atoms with van der Waals surface area (Å²) in [7, 11) is 0.841. The van der Waals surface area contributed by atoms with Crippen molar-refractivity contribution in [2.24, 2.45) is 0 Å². The van der Waals surface area contributed by atoms with Crippen molar-refractivity contribution >= 4 is 26.6 Å². The van der Waals surface area contributed by atoms with E-state index in [0.717, 1.165) is 26.1 Å². The molecule has 0 N–H and O–H groups in total. The van der Waals surface area contributed by atoms with Crippen LogP contribution in [0.15, 0.2) is 51.8 Å². The topological polar surface area (TPSA) is 66.7 Å². The third kappa shape index (κ3) is 4.16. The van der Waals surface area contributed by atoms with Crippen molar-refractivity contribution < 1.29 is 12.8 Å². The first-order valence-electron chi connectivity index (χ1n) is 9.97. The molecule has 154 valence electrons. The van der Waals surface area contributed by atoms with Gasteiger partial charge >= 0.3 is 0 Å². The summed E-state index contributed by atoms with van der Waals surface area (Å²) in [5, 5.41) is 0. The molecule has 3 aromatic rings. The van der Waals surface area contributed by atoms with E-state index in [0.29, 0.717) is 21.9 Å².